The van der Waals surface area contributed by atoms with Gasteiger partial charge in [0.05, 0.1) is 5.70 Å². The Kier molecular flexibility index (Phi) is 4.13. The Hall–Kier alpha value is -3.61. The molecule has 0 bridgehead atoms. The first-order valence-electron chi connectivity index (χ1n) is 10.1. The van der Waals surface area contributed by atoms with E-state index in [1.807, 2.05) is 60.5 Å². The number of hydrogen-bond donors (Lipinski definition) is 0. The Labute approximate surface area is 175 Å². The van der Waals surface area contributed by atoms with Crippen molar-refractivity contribution < 1.29 is 9.59 Å². The second-order valence-corrected chi connectivity index (χ2v) is 7.73. The summed E-state index contributed by atoms with van der Waals surface area (Å²) in [5.41, 5.74) is 4.09. The molecule has 0 saturated carbocycles. The predicted octanol–water partition coefficient (Wildman–Crippen LogP) is 3.09. The second-order valence-electron chi connectivity index (χ2n) is 7.73. The Morgan fingerprint density at radius 3 is 2.50 bits per heavy atom. The number of likely N-dealkylation sites (N-methyl/N-ethyl adjacent to an activating group) is 2. The summed E-state index contributed by atoms with van der Waals surface area (Å²) in [6.45, 7) is 4.20. The molecule has 7 heteroatoms. The predicted molar refractivity (Wildman–Crippen MR) is 115 cm³/mol. The van der Waals surface area contributed by atoms with Crippen molar-refractivity contribution in [2.24, 2.45) is 4.99 Å². The molecule has 1 fully saturated rings. The fourth-order valence-electron chi connectivity index (χ4n) is 4.36. The fourth-order valence-corrected chi connectivity index (χ4v) is 4.36. The molecule has 3 heterocycles. The maximum Gasteiger partial charge on any atom is 0.328 e. The van der Waals surface area contributed by atoms with Gasteiger partial charge in [-0.3, -0.25) is 19.5 Å². The minimum atomic E-state index is -0.559. The Morgan fingerprint density at radius 2 is 1.80 bits per heavy atom. The number of anilines is 1. The third-order valence-corrected chi connectivity index (χ3v) is 5.86. The Bertz CT molecular complexity index is 1090. The molecular formula is C23H23N5O2. The first kappa shape index (κ1) is 18.4. The topological polar surface area (TPSA) is 59.5 Å². The van der Waals surface area contributed by atoms with Gasteiger partial charge >= 0.3 is 6.03 Å². The molecule has 3 aliphatic rings. The van der Waals surface area contributed by atoms with Crippen molar-refractivity contribution in [2.45, 2.75) is 26.1 Å². The van der Waals surface area contributed by atoms with Gasteiger partial charge in [-0.2, -0.15) is 0 Å². The molecule has 2 aromatic rings. The van der Waals surface area contributed by atoms with Gasteiger partial charge in [-0.25, -0.2) is 9.79 Å². The van der Waals surface area contributed by atoms with Gasteiger partial charge in [0, 0.05) is 31.0 Å². The van der Waals surface area contributed by atoms with Crippen LogP contribution in [-0.4, -0.2) is 58.4 Å². The molecule has 3 aliphatic heterocycles. The molecule has 2 unspecified atom stereocenters. The second kappa shape index (κ2) is 6.73. The van der Waals surface area contributed by atoms with Crippen LogP contribution in [0.1, 0.15) is 18.1 Å². The zero-order valence-corrected chi connectivity index (χ0v) is 17.2. The summed E-state index contributed by atoms with van der Waals surface area (Å²) in [6.07, 6.45) is 1.44. The van der Waals surface area contributed by atoms with E-state index < -0.39 is 12.2 Å². The number of urea groups is 1. The lowest BCUT2D eigenvalue weighted by Gasteiger charge is -2.39. The zero-order valence-electron chi connectivity index (χ0n) is 17.2. The summed E-state index contributed by atoms with van der Waals surface area (Å²) < 4.78 is 0. The number of imide groups is 1. The quantitative estimate of drug-likeness (QED) is 0.793. The van der Waals surface area contributed by atoms with Crippen molar-refractivity contribution in [1.29, 1.82) is 0 Å². The van der Waals surface area contributed by atoms with E-state index in [1.54, 1.807) is 11.9 Å². The number of carbonyl (C=O) groups is 2. The van der Waals surface area contributed by atoms with E-state index >= 15 is 0 Å². The minimum absolute atomic E-state index is 0.209. The largest absolute Gasteiger partial charge is 0.328 e. The van der Waals surface area contributed by atoms with Gasteiger partial charge in [-0.15, -0.1) is 0 Å². The molecule has 0 spiro atoms. The molecule has 0 N–H and O–H groups in total. The maximum atomic E-state index is 13.2. The van der Waals surface area contributed by atoms with E-state index in [0.717, 1.165) is 22.5 Å². The molecule has 0 radical (unpaired) electrons. The maximum absolute atomic E-state index is 13.2. The molecule has 3 amide bonds. The lowest BCUT2D eigenvalue weighted by molar-refractivity contribution is -0.136. The summed E-state index contributed by atoms with van der Waals surface area (Å²) in [5.74, 6) is 0.458. The van der Waals surface area contributed by atoms with Crippen LogP contribution >= 0.6 is 0 Å². The summed E-state index contributed by atoms with van der Waals surface area (Å²) in [6, 6.07) is 17.4. The first-order chi connectivity index (χ1) is 14.5. The molecule has 2 atom stereocenters. The van der Waals surface area contributed by atoms with Gasteiger partial charge in [0.15, 0.2) is 12.2 Å². The van der Waals surface area contributed by atoms with Crippen LogP contribution in [-0.2, 0) is 4.79 Å². The Balaban J connectivity index is 1.65. The summed E-state index contributed by atoms with van der Waals surface area (Å²) in [4.78, 5) is 37.5. The van der Waals surface area contributed by atoms with E-state index in [-0.39, 0.29) is 11.9 Å². The van der Waals surface area contributed by atoms with Crippen molar-refractivity contribution in [2.75, 3.05) is 18.5 Å². The van der Waals surface area contributed by atoms with Gasteiger partial charge in [-0.05, 0) is 31.5 Å². The number of hydrogen-bond acceptors (Lipinski definition) is 5. The molecule has 5 rings (SSSR count). The van der Waals surface area contributed by atoms with E-state index in [1.165, 1.54) is 4.90 Å². The van der Waals surface area contributed by atoms with Crippen LogP contribution in [0.3, 0.4) is 0 Å². The summed E-state index contributed by atoms with van der Waals surface area (Å²) in [5, 5.41) is 0. The van der Waals surface area contributed by atoms with Crippen molar-refractivity contribution >= 4 is 29.3 Å². The van der Waals surface area contributed by atoms with Crippen LogP contribution in [0.4, 0.5) is 10.5 Å². The van der Waals surface area contributed by atoms with Crippen LogP contribution in [0.25, 0.3) is 5.70 Å². The summed E-state index contributed by atoms with van der Waals surface area (Å²) in [7, 11) is 1.71. The number of fused-ring (bicyclic) bond motifs is 3. The van der Waals surface area contributed by atoms with Crippen molar-refractivity contribution in [3.8, 4) is 0 Å². The van der Waals surface area contributed by atoms with Gasteiger partial charge < -0.3 is 4.90 Å². The van der Waals surface area contributed by atoms with E-state index in [2.05, 4.69) is 24.0 Å². The monoisotopic (exact) mass is 401 g/mol. The molecule has 30 heavy (non-hydrogen) atoms. The zero-order chi connectivity index (χ0) is 21.0. The van der Waals surface area contributed by atoms with E-state index in [9.17, 15) is 9.59 Å². The number of amides is 3. The normalized spacial score (nSPS) is 22.9. The molecule has 152 valence electrons. The van der Waals surface area contributed by atoms with Crippen LogP contribution in [0.15, 0.2) is 65.8 Å². The van der Waals surface area contributed by atoms with Gasteiger partial charge in [0.2, 0.25) is 5.96 Å². The number of rotatable bonds is 3. The smallest absolute Gasteiger partial charge is 0.302 e. The third kappa shape index (κ3) is 2.55. The van der Waals surface area contributed by atoms with Crippen molar-refractivity contribution in [1.82, 2.24) is 14.7 Å². The highest BCUT2D eigenvalue weighted by Gasteiger charge is 2.54. The molecule has 1 saturated heterocycles. The van der Waals surface area contributed by atoms with Crippen LogP contribution in [0, 0.1) is 6.92 Å². The average molecular weight is 401 g/mol. The first-order valence-corrected chi connectivity index (χ1v) is 10.1. The van der Waals surface area contributed by atoms with Crippen molar-refractivity contribution in [3.63, 3.8) is 0 Å². The SMILES string of the molecule is CCN1C(=O)C2C(N=C3N(c4cccc(C)c4)C(c4ccccc4)=CN32)N(C)C1=O. The van der Waals surface area contributed by atoms with Crippen molar-refractivity contribution in [3.05, 3.63) is 71.9 Å². The fraction of sp³-hybridized carbons (Fsp3) is 0.261. The highest BCUT2D eigenvalue weighted by Crippen LogP contribution is 2.40. The number of nitrogens with zero attached hydrogens (tertiary/aromatic N) is 5. The molecule has 7 nitrogen and oxygen atoms in total. The van der Waals surface area contributed by atoms with Gasteiger partial charge in [-0.1, -0.05) is 42.5 Å². The number of aryl methyl sites for hydroxylation is 1. The van der Waals surface area contributed by atoms with Gasteiger partial charge in [0.1, 0.15) is 0 Å². The molecule has 2 aromatic carbocycles. The standard InChI is InChI=1S/C23H23N5O2/c1-4-26-21(29)19-20(25(3)23(26)30)24-22-27(19)14-18(16-10-6-5-7-11-16)28(22)17-12-8-9-15(2)13-17/h5-14,19-20H,4H2,1-3H3. The Morgan fingerprint density at radius 1 is 1.03 bits per heavy atom. The molecular weight excluding hydrogens is 378 g/mol. The molecule has 0 aromatic heterocycles. The van der Waals surface area contributed by atoms with Gasteiger partial charge in [0.25, 0.3) is 5.91 Å². The number of carbonyl (C=O) groups excluding carboxylic acids is 2. The van der Waals surface area contributed by atoms with Crippen LogP contribution in [0.5, 0.6) is 0 Å². The lowest BCUT2D eigenvalue weighted by Crippen LogP contribution is -2.64. The summed E-state index contributed by atoms with van der Waals surface area (Å²) >= 11 is 0. The lowest BCUT2D eigenvalue weighted by atomic mass is 10.1. The number of aliphatic imine (C=N–C) groups is 1. The van der Waals surface area contributed by atoms with Crippen LogP contribution in [0.2, 0.25) is 0 Å². The highest BCUT2D eigenvalue weighted by molar-refractivity contribution is 6.16. The third-order valence-electron chi connectivity index (χ3n) is 5.86. The van der Waals surface area contributed by atoms with E-state index in [4.69, 9.17) is 4.99 Å². The average Bonchev–Trinajstić information content (AvgIpc) is 3.29. The number of guanidine groups is 1. The van der Waals surface area contributed by atoms with E-state index in [0.29, 0.717) is 12.5 Å². The number of benzene rings is 2. The highest BCUT2D eigenvalue weighted by atomic mass is 16.2. The minimum Gasteiger partial charge on any atom is -0.302 e. The van der Waals surface area contributed by atoms with Crippen LogP contribution < -0.4 is 4.90 Å². The molecule has 0 aliphatic carbocycles.